The Balaban J connectivity index is 1.40. The van der Waals surface area contributed by atoms with Gasteiger partial charge in [0.05, 0.1) is 0 Å². The number of nitrogens with one attached hydrogen (secondary N) is 1. The van der Waals surface area contributed by atoms with Gasteiger partial charge in [0.25, 0.3) is 0 Å². The molecule has 0 amide bonds. The molecule has 2 atom stereocenters. The third-order valence-electron chi connectivity index (χ3n) is 4.92. The lowest BCUT2D eigenvalue weighted by molar-refractivity contribution is 0.0977. The fourth-order valence-electron chi connectivity index (χ4n) is 3.78. The van der Waals surface area contributed by atoms with E-state index in [1.54, 1.807) is 0 Å². The molecule has 3 aliphatic heterocycles. The minimum Gasteiger partial charge on any atom is -0.311 e. The highest BCUT2D eigenvalue weighted by molar-refractivity contribution is 4.87. The van der Waals surface area contributed by atoms with Crippen molar-refractivity contribution in [3.63, 3.8) is 0 Å². The third-order valence-corrected chi connectivity index (χ3v) is 4.92. The van der Waals surface area contributed by atoms with E-state index < -0.39 is 0 Å². The summed E-state index contributed by atoms with van der Waals surface area (Å²) in [4.78, 5) is 7.85. The van der Waals surface area contributed by atoms with Gasteiger partial charge in [-0.1, -0.05) is 0 Å². The first-order valence-corrected chi connectivity index (χ1v) is 7.69. The first-order chi connectivity index (χ1) is 8.81. The van der Waals surface area contributed by atoms with Crippen LogP contribution in [0.25, 0.3) is 0 Å². The predicted octanol–water partition coefficient (Wildman–Crippen LogP) is 0.0601. The lowest BCUT2D eigenvalue weighted by Gasteiger charge is -2.39. The van der Waals surface area contributed by atoms with Crippen LogP contribution in [0, 0.1) is 0 Å². The molecule has 104 valence electrons. The average molecular weight is 252 g/mol. The number of hydrogen-bond donors (Lipinski definition) is 1. The van der Waals surface area contributed by atoms with E-state index in [0.29, 0.717) is 6.04 Å². The number of rotatable bonds is 3. The molecule has 0 aromatic carbocycles. The molecule has 3 rings (SSSR count). The minimum atomic E-state index is 0.713. The van der Waals surface area contributed by atoms with Crippen LogP contribution in [-0.2, 0) is 0 Å². The Morgan fingerprint density at radius 2 is 2.06 bits per heavy atom. The Kier molecular flexibility index (Phi) is 4.19. The second-order valence-electron chi connectivity index (χ2n) is 6.33. The van der Waals surface area contributed by atoms with E-state index in [1.165, 1.54) is 65.1 Å². The average Bonchev–Trinajstić information content (AvgIpc) is 2.84. The molecule has 18 heavy (non-hydrogen) atoms. The van der Waals surface area contributed by atoms with E-state index in [4.69, 9.17) is 0 Å². The molecule has 3 fully saturated rings. The van der Waals surface area contributed by atoms with Gasteiger partial charge in [-0.2, -0.15) is 0 Å². The monoisotopic (exact) mass is 252 g/mol. The van der Waals surface area contributed by atoms with E-state index in [2.05, 4.69) is 27.1 Å². The molecule has 0 radical (unpaired) electrons. The van der Waals surface area contributed by atoms with Crippen LogP contribution in [0.4, 0.5) is 0 Å². The van der Waals surface area contributed by atoms with E-state index >= 15 is 0 Å². The number of nitrogens with zero attached hydrogens (tertiary/aromatic N) is 3. The Labute approximate surface area is 111 Å². The Morgan fingerprint density at radius 3 is 2.94 bits per heavy atom. The zero-order valence-electron chi connectivity index (χ0n) is 11.8. The first kappa shape index (κ1) is 12.9. The number of fused-ring (bicyclic) bond motifs is 1. The van der Waals surface area contributed by atoms with E-state index in [-0.39, 0.29) is 0 Å². The lowest BCUT2D eigenvalue weighted by atomic mass is 10.1. The van der Waals surface area contributed by atoms with Crippen LogP contribution in [0.1, 0.15) is 19.3 Å². The molecule has 0 aromatic heterocycles. The van der Waals surface area contributed by atoms with E-state index in [1.807, 2.05) is 0 Å². The standard InChI is InChI=1S/C14H28N4/c1-16-8-5-15-13(11-16)4-7-17-9-10-18-6-2-3-14(18)12-17/h13-15H,2-12H2,1H3. The molecule has 0 saturated carbocycles. The Hall–Kier alpha value is -0.160. The van der Waals surface area contributed by atoms with Crippen molar-refractivity contribution in [3.05, 3.63) is 0 Å². The highest BCUT2D eigenvalue weighted by atomic mass is 15.3. The largest absolute Gasteiger partial charge is 0.311 e. The van der Waals surface area contributed by atoms with Gasteiger partial charge in [0.2, 0.25) is 0 Å². The molecule has 2 unspecified atom stereocenters. The molecule has 0 aromatic rings. The normalized spacial score (nSPS) is 35.8. The number of likely N-dealkylation sites (N-methyl/N-ethyl adjacent to an activating group) is 1. The third kappa shape index (κ3) is 3.05. The van der Waals surface area contributed by atoms with E-state index in [0.717, 1.165) is 12.6 Å². The number of hydrogen-bond acceptors (Lipinski definition) is 4. The van der Waals surface area contributed by atoms with E-state index in [9.17, 15) is 0 Å². The summed E-state index contributed by atoms with van der Waals surface area (Å²) < 4.78 is 0. The minimum absolute atomic E-state index is 0.713. The zero-order valence-corrected chi connectivity index (χ0v) is 11.8. The van der Waals surface area contributed by atoms with Crippen LogP contribution in [0.5, 0.6) is 0 Å². The van der Waals surface area contributed by atoms with Gasteiger partial charge >= 0.3 is 0 Å². The van der Waals surface area contributed by atoms with Crippen molar-refractivity contribution in [2.24, 2.45) is 0 Å². The van der Waals surface area contributed by atoms with Crippen molar-refractivity contribution in [2.45, 2.75) is 31.3 Å². The summed E-state index contributed by atoms with van der Waals surface area (Å²) in [5.74, 6) is 0. The van der Waals surface area contributed by atoms with Crippen LogP contribution in [-0.4, -0.2) is 86.2 Å². The lowest BCUT2D eigenvalue weighted by Crippen LogP contribution is -2.53. The molecule has 1 N–H and O–H groups in total. The highest BCUT2D eigenvalue weighted by Gasteiger charge is 2.30. The van der Waals surface area contributed by atoms with Crippen LogP contribution >= 0.6 is 0 Å². The predicted molar refractivity (Wildman–Crippen MR) is 74.9 cm³/mol. The van der Waals surface area contributed by atoms with Crippen molar-refractivity contribution in [1.82, 2.24) is 20.0 Å². The summed E-state index contributed by atoms with van der Waals surface area (Å²) >= 11 is 0. The van der Waals surface area contributed by atoms with Crippen LogP contribution in [0.3, 0.4) is 0 Å². The van der Waals surface area contributed by atoms with Gasteiger partial charge < -0.3 is 15.1 Å². The molecule has 3 aliphatic rings. The molecule has 4 heteroatoms. The van der Waals surface area contributed by atoms with Crippen molar-refractivity contribution < 1.29 is 0 Å². The molecule has 4 nitrogen and oxygen atoms in total. The zero-order chi connectivity index (χ0) is 12.4. The fraction of sp³-hybridized carbons (Fsp3) is 1.00. The molecule has 0 spiro atoms. The Bertz CT molecular complexity index is 271. The van der Waals surface area contributed by atoms with Crippen LogP contribution < -0.4 is 5.32 Å². The molecule has 0 bridgehead atoms. The molecular formula is C14H28N4. The smallest absolute Gasteiger partial charge is 0.0224 e. The van der Waals surface area contributed by atoms with Crippen molar-refractivity contribution in [2.75, 3.05) is 59.4 Å². The SMILES string of the molecule is CN1CCNC(CCN2CCN3CCCC3C2)C1. The second-order valence-corrected chi connectivity index (χ2v) is 6.33. The summed E-state index contributed by atoms with van der Waals surface area (Å²) in [6, 6.07) is 1.59. The highest BCUT2D eigenvalue weighted by Crippen LogP contribution is 2.21. The van der Waals surface area contributed by atoms with Gasteiger partial charge in [0.1, 0.15) is 0 Å². The topological polar surface area (TPSA) is 21.8 Å². The van der Waals surface area contributed by atoms with Crippen molar-refractivity contribution in [1.29, 1.82) is 0 Å². The van der Waals surface area contributed by atoms with Gasteiger partial charge in [-0.05, 0) is 39.4 Å². The maximum Gasteiger partial charge on any atom is 0.0224 e. The van der Waals surface area contributed by atoms with Gasteiger partial charge in [0, 0.05) is 51.4 Å². The van der Waals surface area contributed by atoms with Gasteiger partial charge in [0.15, 0.2) is 0 Å². The summed E-state index contributed by atoms with van der Waals surface area (Å²) in [6.07, 6.45) is 4.17. The second kappa shape index (κ2) is 5.87. The summed E-state index contributed by atoms with van der Waals surface area (Å²) in [6.45, 7) is 10.2. The van der Waals surface area contributed by atoms with Gasteiger partial charge in [-0.25, -0.2) is 0 Å². The maximum absolute atomic E-state index is 3.66. The first-order valence-electron chi connectivity index (χ1n) is 7.69. The molecular weight excluding hydrogens is 224 g/mol. The summed E-state index contributed by atoms with van der Waals surface area (Å²) in [7, 11) is 2.24. The fourth-order valence-corrected chi connectivity index (χ4v) is 3.78. The molecule has 3 heterocycles. The van der Waals surface area contributed by atoms with Crippen LogP contribution in [0.15, 0.2) is 0 Å². The molecule has 0 aliphatic carbocycles. The molecule has 3 saturated heterocycles. The quantitative estimate of drug-likeness (QED) is 0.767. The number of piperazine rings is 2. The van der Waals surface area contributed by atoms with Gasteiger partial charge in [-0.15, -0.1) is 0 Å². The summed E-state index contributed by atoms with van der Waals surface area (Å²) in [5.41, 5.74) is 0. The van der Waals surface area contributed by atoms with Gasteiger partial charge in [-0.3, -0.25) is 4.90 Å². The van der Waals surface area contributed by atoms with Crippen molar-refractivity contribution >= 4 is 0 Å². The van der Waals surface area contributed by atoms with Crippen LogP contribution in [0.2, 0.25) is 0 Å². The summed E-state index contributed by atoms with van der Waals surface area (Å²) in [5, 5.41) is 3.66. The van der Waals surface area contributed by atoms with Crippen molar-refractivity contribution in [3.8, 4) is 0 Å². The maximum atomic E-state index is 3.66. The Morgan fingerprint density at radius 1 is 1.11 bits per heavy atom.